The molecule has 7 heteroatoms. The smallest absolute Gasteiger partial charge is 0.223 e. The minimum Gasteiger partial charge on any atom is -0.357 e. The van der Waals surface area contributed by atoms with Gasteiger partial charge in [-0.2, -0.15) is 0 Å². The summed E-state index contributed by atoms with van der Waals surface area (Å²) in [6, 6.07) is 3.90. The van der Waals surface area contributed by atoms with E-state index in [0.29, 0.717) is 18.5 Å². The molecule has 148 valence electrons. The number of carbonyl (C=O) groups excluding carboxylic acids is 1. The van der Waals surface area contributed by atoms with Crippen molar-refractivity contribution in [3.63, 3.8) is 0 Å². The van der Waals surface area contributed by atoms with E-state index in [2.05, 4.69) is 20.9 Å². The summed E-state index contributed by atoms with van der Waals surface area (Å²) in [5, 5.41) is 9.59. The zero-order chi connectivity index (χ0) is 19.2. The summed E-state index contributed by atoms with van der Waals surface area (Å²) < 4.78 is 27.1. The molecular weight excluding hydrogens is 350 g/mol. The minimum absolute atomic E-state index is 0.0281. The molecule has 2 fully saturated rings. The highest BCUT2D eigenvalue weighted by atomic mass is 19.1. The molecule has 0 aliphatic heterocycles. The van der Waals surface area contributed by atoms with Crippen LogP contribution in [0.15, 0.2) is 23.2 Å². The molecule has 2 unspecified atom stereocenters. The van der Waals surface area contributed by atoms with Crippen LogP contribution in [0.3, 0.4) is 0 Å². The summed E-state index contributed by atoms with van der Waals surface area (Å²) in [5.74, 6) is -0.190. The van der Waals surface area contributed by atoms with Crippen molar-refractivity contribution in [3.8, 4) is 0 Å². The van der Waals surface area contributed by atoms with Gasteiger partial charge in [0.15, 0.2) is 5.96 Å². The maximum absolute atomic E-state index is 13.8. The van der Waals surface area contributed by atoms with Crippen molar-refractivity contribution in [2.24, 2.45) is 10.9 Å². The van der Waals surface area contributed by atoms with Gasteiger partial charge in [0.2, 0.25) is 5.91 Å². The van der Waals surface area contributed by atoms with Gasteiger partial charge in [-0.3, -0.25) is 4.79 Å². The molecule has 2 aliphatic rings. The highest BCUT2D eigenvalue weighted by molar-refractivity contribution is 5.81. The summed E-state index contributed by atoms with van der Waals surface area (Å²) in [7, 11) is 0. The number of benzene rings is 1. The quantitative estimate of drug-likeness (QED) is 0.527. The first kappa shape index (κ1) is 19.6. The second kappa shape index (κ2) is 9.15. The number of amides is 1. The summed E-state index contributed by atoms with van der Waals surface area (Å²) in [5.41, 5.74) is 0.220. The Hall–Kier alpha value is -2.18. The lowest BCUT2D eigenvalue weighted by Gasteiger charge is -2.30. The lowest BCUT2D eigenvalue weighted by molar-refractivity contribution is -0.126. The van der Waals surface area contributed by atoms with E-state index in [4.69, 9.17) is 0 Å². The predicted octanol–water partition coefficient (Wildman–Crippen LogP) is 2.86. The van der Waals surface area contributed by atoms with Gasteiger partial charge in [-0.25, -0.2) is 13.8 Å². The SMILES string of the molecule is CCNC(=NCc1cc(F)ccc1F)NC1CCCC(C(=O)NC2CC2)C1. The van der Waals surface area contributed by atoms with Crippen molar-refractivity contribution in [3.05, 3.63) is 35.4 Å². The molecule has 2 aliphatic carbocycles. The van der Waals surface area contributed by atoms with E-state index < -0.39 is 11.6 Å². The van der Waals surface area contributed by atoms with Gasteiger partial charge in [0.05, 0.1) is 6.54 Å². The molecule has 2 atom stereocenters. The van der Waals surface area contributed by atoms with E-state index in [0.717, 1.165) is 50.7 Å². The van der Waals surface area contributed by atoms with E-state index >= 15 is 0 Å². The number of halogens is 2. The zero-order valence-electron chi connectivity index (χ0n) is 15.7. The molecule has 5 nitrogen and oxygen atoms in total. The summed E-state index contributed by atoms with van der Waals surface area (Å²) in [4.78, 5) is 16.7. The second-order valence-corrected chi connectivity index (χ2v) is 7.42. The largest absolute Gasteiger partial charge is 0.357 e. The van der Waals surface area contributed by atoms with Crippen LogP contribution < -0.4 is 16.0 Å². The molecule has 0 bridgehead atoms. The van der Waals surface area contributed by atoms with Crippen LogP contribution >= 0.6 is 0 Å². The lowest BCUT2D eigenvalue weighted by Crippen LogP contribution is -2.47. The van der Waals surface area contributed by atoms with Gasteiger partial charge in [-0.1, -0.05) is 6.42 Å². The fourth-order valence-corrected chi connectivity index (χ4v) is 3.45. The third-order valence-corrected chi connectivity index (χ3v) is 5.07. The number of rotatable bonds is 6. The second-order valence-electron chi connectivity index (χ2n) is 7.42. The van der Waals surface area contributed by atoms with Crippen LogP contribution in [0.4, 0.5) is 8.78 Å². The molecule has 0 spiro atoms. The number of hydrogen-bond acceptors (Lipinski definition) is 2. The highest BCUT2D eigenvalue weighted by Gasteiger charge is 2.31. The van der Waals surface area contributed by atoms with Crippen LogP contribution in [0.5, 0.6) is 0 Å². The van der Waals surface area contributed by atoms with Gasteiger partial charge in [0, 0.05) is 30.1 Å². The van der Waals surface area contributed by atoms with E-state index in [9.17, 15) is 13.6 Å². The molecule has 0 heterocycles. The molecule has 2 saturated carbocycles. The van der Waals surface area contributed by atoms with Crippen molar-refractivity contribution in [1.82, 2.24) is 16.0 Å². The Balaban J connectivity index is 1.59. The normalized spacial score (nSPS) is 23.0. The van der Waals surface area contributed by atoms with Gasteiger partial charge in [0.25, 0.3) is 0 Å². The van der Waals surface area contributed by atoms with Crippen molar-refractivity contribution in [2.75, 3.05) is 6.54 Å². The lowest BCUT2D eigenvalue weighted by atomic mass is 9.85. The number of guanidine groups is 1. The molecule has 1 aromatic carbocycles. The van der Waals surface area contributed by atoms with E-state index in [1.807, 2.05) is 6.92 Å². The van der Waals surface area contributed by atoms with E-state index in [1.54, 1.807) is 0 Å². The summed E-state index contributed by atoms with van der Waals surface area (Å²) in [6.07, 6.45) is 5.81. The van der Waals surface area contributed by atoms with Gasteiger partial charge in [-0.15, -0.1) is 0 Å². The first-order valence-corrected chi connectivity index (χ1v) is 9.84. The highest BCUT2D eigenvalue weighted by Crippen LogP contribution is 2.26. The van der Waals surface area contributed by atoms with Crippen molar-refractivity contribution >= 4 is 11.9 Å². The molecule has 0 aromatic heterocycles. The number of nitrogens with one attached hydrogen (secondary N) is 3. The predicted molar refractivity (Wildman–Crippen MR) is 101 cm³/mol. The Labute approximate surface area is 159 Å². The Morgan fingerprint density at radius 1 is 1.15 bits per heavy atom. The van der Waals surface area contributed by atoms with Crippen LogP contribution in [0, 0.1) is 17.6 Å². The van der Waals surface area contributed by atoms with E-state index in [1.165, 1.54) is 6.07 Å². The molecule has 0 radical (unpaired) electrons. The van der Waals surface area contributed by atoms with Crippen LogP contribution in [-0.4, -0.2) is 30.5 Å². The topological polar surface area (TPSA) is 65.5 Å². The fraction of sp³-hybridized carbons (Fsp3) is 0.600. The van der Waals surface area contributed by atoms with Gasteiger partial charge in [-0.05, 0) is 57.2 Å². The molecule has 0 saturated heterocycles. The number of carbonyl (C=O) groups is 1. The van der Waals surface area contributed by atoms with Gasteiger partial charge < -0.3 is 16.0 Å². The summed E-state index contributed by atoms with van der Waals surface area (Å²) >= 11 is 0. The molecule has 3 N–H and O–H groups in total. The van der Waals surface area contributed by atoms with Crippen molar-refractivity contribution < 1.29 is 13.6 Å². The van der Waals surface area contributed by atoms with Crippen LogP contribution in [0.1, 0.15) is 51.0 Å². The maximum atomic E-state index is 13.8. The molecular formula is C20H28F2N4O. The number of aliphatic imine (C=N–C) groups is 1. The van der Waals surface area contributed by atoms with Crippen LogP contribution in [0.25, 0.3) is 0 Å². The van der Waals surface area contributed by atoms with Crippen molar-refractivity contribution in [1.29, 1.82) is 0 Å². The molecule has 3 rings (SSSR count). The van der Waals surface area contributed by atoms with Crippen molar-refractivity contribution in [2.45, 2.75) is 64.1 Å². The maximum Gasteiger partial charge on any atom is 0.223 e. The Morgan fingerprint density at radius 2 is 1.96 bits per heavy atom. The van der Waals surface area contributed by atoms with Gasteiger partial charge >= 0.3 is 0 Å². The number of nitrogens with zero attached hydrogens (tertiary/aromatic N) is 1. The average molecular weight is 378 g/mol. The third-order valence-electron chi connectivity index (χ3n) is 5.07. The first-order chi connectivity index (χ1) is 13.0. The Kier molecular flexibility index (Phi) is 6.63. The summed E-state index contributed by atoms with van der Waals surface area (Å²) in [6.45, 7) is 2.67. The fourth-order valence-electron chi connectivity index (χ4n) is 3.45. The van der Waals surface area contributed by atoms with Gasteiger partial charge in [0.1, 0.15) is 11.6 Å². The molecule has 1 amide bonds. The minimum atomic E-state index is -0.476. The number of hydrogen-bond donors (Lipinski definition) is 3. The first-order valence-electron chi connectivity index (χ1n) is 9.84. The van der Waals surface area contributed by atoms with Crippen LogP contribution in [0.2, 0.25) is 0 Å². The zero-order valence-corrected chi connectivity index (χ0v) is 15.7. The Morgan fingerprint density at radius 3 is 2.70 bits per heavy atom. The van der Waals surface area contributed by atoms with E-state index in [-0.39, 0.29) is 30.0 Å². The molecule has 27 heavy (non-hydrogen) atoms. The molecule has 1 aromatic rings. The monoisotopic (exact) mass is 378 g/mol. The average Bonchev–Trinajstić information content (AvgIpc) is 3.46. The van der Waals surface area contributed by atoms with Crippen LogP contribution in [-0.2, 0) is 11.3 Å². The standard InChI is InChI=1S/C20H28F2N4O/c1-2-23-20(24-12-14-10-15(21)6-9-18(14)22)26-17-5-3-4-13(11-17)19(27)25-16-7-8-16/h6,9-10,13,16-17H,2-5,7-8,11-12H2,1H3,(H,25,27)(H2,23,24,26). The third kappa shape index (κ3) is 5.91. The Bertz CT molecular complexity index is 691.